The second kappa shape index (κ2) is 5.65. The molecule has 1 aliphatic heterocycles. The fraction of sp³-hybridized carbons (Fsp3) is 0.333. The van der Waals surface area contributed by atoms with Crippen molar-refractivity contribution in [1.82, 2.24) is 0 Å². The first-order valence-electron chi connectivity index (χ1n) is 6.59. The zero-order valence-corrected chi connectivity index (χ0v) is 13.1. The van der Waals surface area contributed by atoms with Crippen LogP contribution in [0.2, 0.25) is 0 Å². The molecule has 100 valence electrons. The number of fused-ring (bicyclic) bond motifs is 1. The van der Waals surface area contributed by atoms with Gasteiger partial charge in [-0.3, -0.25) is 0 Å². The summed E-state index contributed by atoms with van der Waals surface area (Å²) >= 11 is 5.33. The van der Waals surface area contributed by atoms with E-state index in [0.717, 1.165) is 6.54 Å². The Labute approximate surface area is 126 Å². The Morgan fingerprint density at radius 3 is 2.84 bits per heavy atom. The molecule has 19 heavy (non-hydrogen) atoms. The molecule has 1 aromatic heterocycles. The van der Waals surface area contributed by atoms with Crippen LogP contribution in [0.3, 0.4) is 0 Å². The summed E-state index contributed by atoms with van der Waals surface area (Å²) in [5.41, 5.74) is 8.85. The number of halogens is 1. The van der Waals surface area contributed by atoms with Crippen molar-refractivity contribution < 1.29 is 0 Å². The summed E-state index contributed by atoms with van der Waals surface area (Å²) in [6.45, 7) is 1.75. The van der Waals surface area contributed by atoms with E-state index in [1.165, 1.54) is 32.8 Å². The smallest absolute Gasteiger partial charge is 0.0757 e. The van der Waals surface area contributed by atoms with Crippen LogP contribution >= 0.6 is 27.3 Å². The van der Waals surface area contributed by atoms with Gasteiger partial charge in [0.25, 0.3) is 0 Å². The average molecular weight is 337 g/mol. The van der Waals surface area contributed by atoms with Gasteiger partial charge in [-0.1, -0.05) is 18.2 Å². The highest BCUT2D eigenvalue weighted by molar-refractivity contribution is 9.11. The molecule has 2 aromatic rings. The first-order chi connectivity index (χ1) is 9.29. The van der Waals surface area contributed by atoms with E-state index in [9.17, 15) is 0 Å². The van der Waals surface area contributed by atoms with E-state index < -0.39 is 0 Å². The molecular weight excluding hydrogens is 320 g/mol. The topological polar surface area (TPSA) is 29.3 Å². The third-order valence-corrected chi connectivity index (χ3v) is 5.39. The lowest BCUT2D eigenvalue weighted by atomic mass is 9.99. The Morgan fingerprint density at radius 2 is 2.11 bits per heavy atom. The highest BCUT2D eigenvalue weighted by atomic mass is 79.9. The number of aryl methyl sites for hydroxylation is 1. The monoisotopic (exact) mass is 336 g/mol. The lowest BCUT2D eigenvalue weighted by Crippen LogP contribution is -2.37. The minimum absolute atomic E-state index is 0.290. The van der Waals surface area contributed by atoms with Crippen LogP contribution in [0.15, 0.2) is 40.2 Å². The van der Waals surface area contributed by atoms with Crippen molar-refractivity contribution in [2.24, 2.45) is 5.73 Å². The molecule has 0 fully saturated rings. The van der Waals surface area contributed by atoms with Gasteiger partial charge >= 0.3 is 0 Å². The molecule has 2 N–H and O–H groups in total. The fourth-order valence-electron chi connectivity index (χ4n) is 2.79. The van der Waals surface area contributed by atoms with Gasteiger partial charge in [0.05, 0.1) is 9.83 Å². The van der Waals surface area contributed by atoms with Crippen molar-refractivity contribution in [2.75, 3.05) is 18.0 Å². The molecule has 0 saturated carbocycles. The molecule has 0 spiro atoms. The SMILES string of the molecule is NCC(c1ccc(Br)s1)N1CCCc2ccccc21. The third kappa shape index (κ3) is 2.57. The number of para-hydroxylation sites is 1. The first kappa shape index (κ1) is 13.2. The highest BCUT2D eigenvalue weighted by Crippen LogP contribution is 2.36. The molecule has 1 atom stereocenters. The molecule has 0 saturated heterocycles. The van der Waals surface area contributed by atoms with E-state index in [2.05, 4.69) is 57.2 Å². The van der Waals surface area contributed by atoms with Crippen molar-refractivity contribution in [3.05, 3.63) is 50.6 Å². The predicted molar refractivity (Wildman–Crippen MR) is 85.9 cm³/mol. The van der Waals surface area contributed by atoms with Crippen LogP contribution in [-0.4, -0.2) is 13.1 Å². The number of nitrogens with two attached hydrogens (primary N) is 1. The molecule has 0 bridgehead atoms. The van der Waals surface area contributed by atoms with Crippen LogP contribution in [0.1, 0.15) is 22.9 Å². The predicted octanol–water partition coefficient (Wildman–Crippen LogP) is 3.96. The molecule has 2 heterocycles. The van der Waals surface area contributed by atoms with Crippen LogP contribution in [0, 0.1) is 0 Å². The van der Waals surface area contributed by atoms with Crippen LogP contribution in [0.4, 0.5) is 5.69 Å². The molecule has 0 amide bonds. The van der Waals surface area contributed by atoms with Crippen molar-refractivity contribution in [3.8, 4) is 0 Å². The number of anilines is 1. The number of thiophene rings is 1. The highest BCUT2D eigenvalue weighted by Gasteiger charge is 2.25. The van der Waals surface area contributed by atoms with Crippen LogP contribution < -0.4 is 10.6 Å². The van der Waals surface area contributed by atoms with Crippen molar-refractivity contribution in [2.45, 2.75) is 18.9 Å². The van der Waals surface area contributed by atoms with Crippen LogP contribution in [-0.2, 0) is 6.42 Å². The second-order valence-corrected chi connectivity index (χ2v) is 7.31. The molecular formula is C15H17BrN2S. The maximum Gasteiger partial charge on any atom is 0.0757 e. The largest absolute Gasteiger partial charge is 0.362 e. The minimum atomic E-state index is 0.290. The quantitative estimate of drug-likeness (QED) is 0.918. The van der Waals surface area contributed by atoms with E-state index in [4.69, 9.17) is 5.73 Å². The average Bonchev–Trinajstić information content (AvgIpc) is 2.86. The van der Waals surface area contributed by atoms with Crippen molar-refractivity contribution in [1.29, 1.82) is 0 Å². The summed E-state index contributed by atoms with van der Waals surface area (Å²) in [5, 5.41) is 0. The number of hydrogen-bond donors (Lipinski definition) is 1. The number of rotatable bonds is 3. The van der Waals surface area contributed by atoms with Crippen LogP contribution in [0.25, 0.3) is 0 Å². The van der Waals surface area contributed by atoms with Crippen molar-refractivity contribution in [3.63, 3.8) is 0 Å². The fourth-order valence-corrected chi connectivity index (χ4v) is 4.34. The Bertz CT molecular complexity index is 567. The van der Waals surface area contributed by atoms with E-state index in [0.29, 0.717) is 6.54 Å². The van der Waals surface area contributed by atoms with Crippen LogP contribution in [0.5, 0.6) is 0 Å². The van der Waals surface area contributed by atoms with Gasteiger partial charge in [0.2, 0.25) is 0 Å². The summed E-state index contributed by atoms with van der Waals surface area (Å²) in [4.78, 5) is 3.81. The van der Waals surface area contributed by atoms with Gasteiger partial charge in [0.1, 0.15) is 0 Å². The molecule has 4 heteroatoms. The van der Waals surface area contributed by atoms with Gasteiger partial charge in [-0.05, 0) is 52.5 Å². The zero-order valence-electron chi connectivity index (χ0n) is 10.7. The molecule has 1 aromatic carbocycles. The normalized spacial score (nSPS) is 16.2. The van der Waals surface area contributed by atoms with E-state index in [1.54, 1.807) is 11.3 Å². The summed E-state index contributed by atoms with van der Waals surface area (Å²) in [6, 6.07) is 13.3. The molecule has 3 rings (SSSR count). The van der Waals surface area contributed by atoms with E-state index in [1.807, 2.05) is 0 Å². The Kier molecular flexibility index (Phi) is 3.91. The summed E-state index contributed by atoms with van der Waals surface area (Å²) in [7, 11) is 0. The minimum Gasteiger partial charge on any atom is -0.362 e. The summed E-state index contributed by atoms with van der Waals surface area (Å²) in [6.07, 6.45) is 2.39. The number of hydrogen-bond acceptors (Lipinski definition) is 3. The second-order valence-electron chi connectivity index (χ2n) is 4.82. The van der Waals surface area contributed by atoms with Gasteiger partial charge in [-0.15, -0.1) is 11.3 Å². The van der Waals surface area contributed by atoms with Gasteiger partial charge in [-0.2, -0.15) is 0 Å². The Morgan fingerprint density at radius 1 is 1.26 bits per heavy atom. The van der Waals surface area contributed by atoms with Crippen molar-refractivity contribution >= 4 is 33.0 Å². The molecule has 1 aliphatic rings. The van der Waals surface area contributed by atoms with Gasteiger partial charge in [0.15, 0.2) is 0 Å². The third-order valence-electron chi connectivity index (χ3n) is 3.67. The lowest BCUT2D eigenvalue weighted by molar-refractivity contribution is 0.594. The molecule has 0 aliphatic carbocycles. The Balaban J connectivity index is 1.97. The number of nitrogens with zero attached hydrogens (tertiary/aromatic N) is 1. The molecule has 0 radical (unpaired) electrons. The van der Waals surface area contributed by atoms with Gasteiger partial charge in [0, 0.05) is 23.7 Å². The van der Waals surface area contributed by atoms with Gasteiger partial charge in [-0.25, -0.2) is 0 Å². The maximum atomic E-state index is 6.05. The Hall–Kier alpha value is -0.840. The molecule has 2 nitrogen and oxygen atoms in total. The lowest BCUT2D eigenvalue weighted by Gasteiger charge is -2.37. The summed E-state index contributed by atoms with van der Waals surface area (Å²) < 4.78 is 1.17. The number of benzene rings is 1. The first-order valence-corrected chi connectivity index (χ1v) is 8.20. The van der Waals surface area contributed by atoms with Gasteiger partial charge < -0.3 is 10.6 Å². The maximum absolute atomic E-state index is 6.05. The molecule has 1 unspecified atom stereocenters. The standard InChI is InChI=1S/C15H17BrN2S/c16-15-8-7-14(19-15)13(10-17)18-9-3-5-11-4-1-2-6-12(11)18/h1-2,4,6-8,13H,3,5,9-10,17H2. The zero-order chi connectivity index (χ0) is 13.2. The summed E-state index contributed by atoms with van der Waals surface area (Å²) in [5.74, 6) is 0. The van der Waals surface area contributed by atoms with E-state index >= 15 is 0 Å². The van der Waals surface area contributed by atoms with E-state index in [-0.39, 0.29) is 6.04 Å².